The fourth-order valence-corrected chi connectivity index (χ4v) is 10.8. The number of aryl methyl sites for hydroxylation is 2. The molecule has 2 aromatic carbocycles. The van der Waals surface area contributed by atoms with E-state index in [4.69, 9.17) is 4.74 Å². The van der Waals surface area contributed by atoms with Gasteiger partial charge in [0.25, 0.3) is 11.5 Å². The second-order valence-electron chi connectivity index (χ2n) is 19.0. The van der Waals surface area contributed by atoms with Crippen molar-refractivity contribution in [2.45, 2.75) is 83.6 Å². The summed E-state index contributed by atoms with van der Waals surface area (Å²) in [5, 5.41) is 18.7. The topological polar surface area (TPSA) is 177 Å². The number of likely N-dealkylation sites (tertiary alicyclic amines) is 1. The summed E-state index contributed by atoms with van der Waals surface area (Å²) in [4.78, 5) is 62.1. The normalized spacial score (nSPS) is 18.6. The van der Waals surface area contributed by atoms with E-state index < -0.39 is 11.9 Å². The van der Waals surface area contributed by atoms with Crippen molar-refractivity contribution < 1.29 is 23.5 Å². The van der Waals surface area contributed by atoms with Gasteiger partial charge in [-0.25, -0.2) is 9.37 Å². The number of rotatable bonds is 12. The van der Waals surface area contributed by atoms with E-state index in [1.165, 1.54) is 6.07 Å². The van der Waals surface area contributed by atoms with Crippen LogP contribution < -0.4 is 26.2 Å². The molecule has 8 heterocycles. The maximum absolute atomic E-state index is 16.2. The molecule has 70 heavy (non-hydrogen) atoms. The molecule has 0 saturated carbocycles. The number of carbonyl (C=O) groups excluding carboxylic acids is 3. The van der Waals surface area contributed by atoms with Gasteiger partial charge in [-0.1, -0.05) is 12.1 Å². The van der Waals surface area contributed by atoms with Crippen molar-refractivity contribution in [3.63, 3.8) is 0 Å². The van der Waals surface area contributed by atoms with Gasteiger partial charge in [0, 0.05) is 112 Å². The van der Waals surface area contributed by atoms with Crippen LogP contribution in [0.3, 0.4) is 0 Å². The summed E-state index contributed by atoms with van der Waals surface area (Å²) in [5.41, 5.74) is 7.60. The first kappa shape index (κ1) is 46.5. The Hall–Kier alpha value is -7.18. The van der Waals surface area contributed by atoms with Crippen molar-refractivity contribution in [2.75, 3.05) is 57.5 Å². The van der Waals surface area contributed by atoms with Gasteiger partial charge in [0.2, 0.25) is 11.8 Å². The maximum Gasteiger partial charge on any atom is 0.257 e. The number of fused-ring (bicyclic) bond motifs is 2. The number of piperidine rings is 2. The molecule has 2 saturated heterocycles. The molecule has 4 aliphatic rings. The van der Waals surface area contributed by atoms with E-state index in [0.717, 1.165) is 88.9 Å². The number of nitrogens with one attached hydrogen (secondary N) is 3. The predicted octanol–water partition coefficient (Wildman–Crippen LogP) is 5.92. The fraction of sp³-hybridized carbons (Fsp3) is 0.404. The van der Waals surface area contributed by atoms with Gasteiger partial charge in [-0.2, -0.15) is 0 Å². The van der Waals surface area contributed by atoms with Crippen molar-refractivity contribution >= 4 is 45.7 Å². The van der Waals surface area contributed by atoms with Crippen molar-refractivity contribution in [2.24, 2.45) is 7.05 Å². The molecule has 0 radical (unpaired) electrons. The highest BCUT2D eigenvalue weighted by Crippen LogP contribution is 2.36. The highest BCUT2D eigenvalue weighted by Gasteiger charge is 2.32. The van der Waals surface area contributed by atoms with Crippen LogP contribution >= 0.6 is 0 Å². The lowest BCUT2D eigenvalue weighted by Crippen LogP contribution is -2.47. The molecule has 4 aliphatic heterocycles. The van der Waals surface area contributed by atoms with Crippen molar-refractivity contribution in [3.8, 4) is 11.4 Å². The van der Waals surface area contributed by atoms with Crippen LogP contribution in [0.15, 0.2) is 77.9 Å². The maximum atomic E-state index is 16.2. The molecular weight excluding hydrogens is 892 g/mol. The first-order chi connectivity index (χ1) is 33.9. The first-order valence-corrected chi connectivity index (χ1v) is 24.2. The number of imide groups is 1. The molecule has 0 aliphatic carbocycles. The Morgan fingerprint density at radius 3 is 2.53 bits per heavy atom. The lowest BCUT2D eigenvalue weighted by molar-refractivity contribution is -0.133. The summed E-state index contributed by atoms with van der Waals surface area (Å²) >= 11 is 0. The van der Waals surface area contributed by atoms with Crippen LogP contribution in [-0.2, 0) is 36.3 Å². The van der Waals surface area contributed by atoms with Crippen LogP contribution in [0.5, 0.6) is 5.75 Å². The minimum Gasteiger partial charge on any atom is -0.495 e. The van der Waals surface area contributed by atoms with Crippen LogP contribution in [0.2, 0.25) is 0 Å². The Bertz CT molecular complexity index is 3090. The molecule has 3 N–H and O–H groups in total. The lowest BCUT2D eigenvalue weighted by Gasteiger charge is -2.33. The lowest BCUT2D eigenvalue weighted by atomic mass is 9.92. The highest BCUT2D eigenvalue weighted by atomic mass is 19.1. The average molecular weight is 951 g/mol. The first-order valence-electron chi connectivity index (χ1n) is 24.2. The molecule has 0 bridgehead atoms. The molecule has 4 aromatic heterocycles. The van der Waals surface area contributed by atoms with E-state index in [9.17, 15) is 19.2 Å². The summed E-state index contributed by atoms with van der Waals surface area (Å²) in [6.07, 6.45) is 8.84. The molecule has 3 amide bonds. The number of pyridine rings is 2. The second-order valence-corrected chi connectivity index (χ2v) is 19.0. The number of carbonyl (C=O) groups is 3. The zero-order valence-corrected chi connectivity index (χ0v) is 40.3. The van der Waals surface area contributed by atoms with E-state index in [2.05, 4.69) is 69.1 Å². The highest BCUT2D eigenvalue weighted by molar-refractivity contribution is 6.01. The van der Waals surface area contributed by atoms with Crippen LogP contribution in [0, 0.1) is 12.7 Å². The monoisotopic (exact) mass is 950 g/mol. The van der Waals surface area contributed by atoms with Gasteiger partial charge in [0.1, 0.15) is 29.1 Å². The SMILES string of the molecule is CNc1ccn(-c2ccnc3c2cc([C@H](C)N2CC=C(c4c(C)cc(C(=O)N5CCn6c(nnc6C6CCN(Cc7ccc(NC8CCC(=O)NC8=O)c(OC)c7)CC6)C5)cc4F)CC2)n3C)c(=O)c1. The zero-order chi connectivity index (χ0) is 48.8. The van der Waals surface area contributed by atoms with E-state index in [1.54, 1.807) is 42.1 Å². The molecular formula is C52H59FN12O5. The molecule has 1 unspecified atom stereocenters. The minimum atomic E-state index is -0.493. The molecule has 6 aromatic rings. The van der Waals surface area contributed by atoms with Crippen LogP contribution in [0.1, 0.15) is 95.4 Å². The third kappa shape index (κ3) is 8.96. The van der Waals surface area contributed by atoms with Crippen LogP contribution in [0.4, 0.5) is 15.8 Å². The van der Waals surface area contributed by atoms with E-state index in [0.29, 0.717) is 74.6 Å². The Morgan fingerprint density at radius 2 is 1.80 bits per heavy atom. The van der Waals surface area contributed by atoms with Gasteiger partial charge in [0.15, 0.2) is 5.82 Å². The molecule has 17 nitrogen and oxygen atoms in total. The number of halogens is 1. The summed E-state index contributed by atoms with van der Waals surface area (Å²) in [6, 6.07) is 16.1. The van der Waals surface area contributed by atoms with Crippen LogP contribution in [-0.4, -0.2) is 114 Å². The summed E-state index contributed by atoms with van der Waals surface area (Å²) in [5.74, 6) is 1.40. The third-order valence-electron chi connectivity index (χ3n) is 14.7. The van der Waals surface area contributed by atoms with E-state index in [1.807, 2.05) is 50.4 Å². The molecule has 18 heteroatoms. The summed E-state index contributed by atoms with van der Waals surface area (Å²) in [6.45, 7) is 9.25. The van der Waals surface area contributed by atoms with Crippen LogP contribution in [0.25, 0.3) is 22.3 Å². The second kappa shape index (κ2) is 19.3. The number of amides is 3. The minimum absolute atomic E-state index is 0.0185. The Kier molecular flexibility index (Phi) is 12.8. The summed E-state index contributed by atoms with van der Waals surface area (Å²) < 4.78 is 27.8. The summed E-state index contributed by atoms with van der Waals surface area (Å²) in [7, 11) is 5.39. The number of benzene rings is 2. The zero-order valence-electron chi connectivity index (χ0n) is 40.3. The van der Waals surface area contributed by atoms with Gasteiger partial charge in [-0.3, -0.25) is 38.9 Å². The molecule has 2 atom stereocenters. The van der Waals surface area contributed by atoms with Crippen molar-refractivity contribution in [1.29, 1.82) is 0 Å². The quantitative estimate of drug-likeness (QED) is 0.124. The van der Waals surface area contributed by atoms with E-state index >= 15 is 4.39 Å². The van der Waals surface area contributed by atoms with Crippen molar-refractivity contribution in [1.82, 2.24) is 48.9 Å². The molecule has 10 rings (SSSR count). The predicted molar refractivity (Wildman–Crippen MR) is 264 cm³/mol. The van der Waals surface area contributed by atoms with Gasteiger partial charge < -0.3 is 29.4 Å². The van der Waals surface area contributed by atoms with Gasteiger partial charge in [0.05, 0.1) is 25.0 Å². The van der Waals surface area contributed by atoms with Crippen molar-refractivity contribution in [3.05, 3.63) is 129 Å². The average Bonchev–Trinajstić information content (AvgIpc) is 3.95. The van der Waals surface area contributed by atoms with Gasteiger partial charge in [-0.05, 0) is 112 Å². The largest absolute Gasteiger partial charge is 0.495 e. The van der Waals surface area contributed by atoms with Gasteiger partial charge in [-0.15, -0.1) is 10.2 Å². The fourth-order valence-electron chi connectivity index (χ4n) is 10.8. The molecule has 2 fully saturated rings. The molecule has 364 valence electrons. The number of anilines is 2. The number of hydrogen-bond acceptors (Lipinski definition) is 12. The number of hydrogen-bond donors (Lipinski definition) is 3. The number of nitrogens with zero attached hydrogens (tertiary/aromatic N) is 9. The smallest absolute Gasteiger partial charge is 0.257 e. The van der Waals surface area contributed by atoms with E-state index in [-0.39, 0.29) is 35.2 Å². The molecule has 0 spiro atoms. The Labute approximate surface area is 405 Å². The Balaban J connectivity index is 0.746. The standard InChI is InChI=1S/C52H59FN12O5/c1-31-24-36(26-39(53)48(31)34-13-19-62(20-14-34)32(2)43-28-38-42(10-16-55-50(38)60(43)4)64-21-15-37(54-3)27-47(64)67)52(69)63-22-23-65-45(30-63)58-59-49(65)35-11-17-61(18-12-35)29-33-6-7-40(44(25-33)70-5)56-41-8-9-46(66)57-51(41)68/h6-7,10,13,15-16,21,24-28,32,35,41,54,56H,8-9,11-12,14,17-20,22-23,29-30H2,1-5H3,(H,57,66,68)/t32-,41?/m0/s1. The third-order valence-corrected chi connectivity index (χ3v) is 14.7. The Morgan fingerprint density at radius 1 is 0.971 bits per heavy atom. The van der Waals surface area contributed by atoms with Gasteiger partial charge >= 0.3 is 0 Å². The number of aromatic nitrogens is 6. The number of ether oxygens (including phenoxy) is 1. The number of methoxy groups -OCH3 is 1.